The second-order valence-corrected chi connectivity index (χ2v) is 5.98. The lowest BCUT2D eigenvalue weighted by Crippen LogP contribution is -2.58. The van der Waals surface area contributed by atoms with Crippen molar-refractivity contribution in [1.29, 1.82) is 0 Å². The second kappa shape index (κ2) is 3.23. The number of ether oxygens (including phenoxy) is 2. The van der Waals surface area contributed by atoms with Crippen molar-refractivity contribution in [3.05, 3.63) is 0 Å². The fourth-order valence-electron chi connectivity index (χ4n) is 4.60. The lowest BCUT2D eigenvalue weighted by molar-refractivity contribution is -0.212. The van der Waals surface area contributed by atoms with Gasteiger partial charge in [-0.1, -0.05) is 6.42 Å². The summed E-state index contributed by atoms with van der Waals surface area (Å²) in [5, 5.41) is 0. The lowest BCUT2D eigenvalue weighted by atomic mass is 9.78. The van der Waals surface area contributed by atoms with Crippen molar-refractivity contribution in [2.45, 2.75) is 49.9 Å². The molecule has 4 rings (SSSR count). The summed E-state index contributed by atoms with van der Waals surface area (Å²) in [6.07, 6.45) is 6.14. The Morgan fingerprint density at radius 3 is 2.88 bits per heavy atom. The van der Waals surface area contributed by atoms with Crippen LogP contribution in [0.15, 0.2) is 0 Å². The van der Waals surface area contributed by atoms with Gasteiger partial charge in [0.25, 0.3) is 0 Å². The molecule has 0 bridgehead atoms. The summed E-state index contributed by atoms with van der Waals surface area (Å²) in [7, 11) is 0. The van der Waals surface area contributed by atoms with Crippen LogP contribution in [0.4, 0.5) is 0 Å². The van der Waals surface area contributed by atoms with Crippen molar-refractivity contribution in [3.63, 3.8) is 0 Å². The highest BCUT2D eigenvalue weighted by Crippen LogP contribution is 2.55. The van der Waals surface area contributed by atoms with Crippen LogP contribution >= 0.6 is 0 Å². The standard InChI is InChI=1S/C13H19NO3/c15-11-8-10-2-1-3-12(10)9-13(4-5-14(11)12)16-6-7-17-13/h10H,1-9H2/t10-,12-/m0/s1. The van der Waals surface area contributed by atoms with Crippen molar-refractivity contribution >= 4 is 5.91 Å². The molecule has 3 aliphatic heterocycles. The topological polar surface area (TPSA) is 38.8 Å². The monoisotopic (exact) mass is 237 g/mol. The zero-order chi connectivity index (χ0) is 11.5. The normalized spacial score (nSPS) is 43.2. The highest BCUT2D eigenvalue weighted by atomic mass is 16.7. The Kier molecular flexibility index (Phi) is 1.96. The third-order valence-corrected chi connectivity index (χ3v) is 5.29. The van der Waals surface area contributed by atoms with E-state index < -0.39 is 0 Å². The van der Waals surface area contributed by atoms with Crippen molar-refractivity contribution in [3.8, 4) is 0 Å². The number of hydrogen-bond donors (Lipinski definition) is 0. The zero-order valence-electron chi connectivity index (χ0n) is 10.1. The summed E-state index contributed by atoms with van der Waals surface area (Å²) in [5.41, 5.74) is 0.0830. The van der Waals surface area contributed by atoms with Gasteiger partial charge in [0.15, 0.2) is 5.79 Å². The van der Waals surface area contributed by atoms with E-state index in [-0.39, 0.29) is 11.3 Å². The third kappa shape index (κ3) is 1.23. The maximum atomic E-state index is 12.1. The predicted octanol–water partition coefficient (Wildman–Crippen LogP) is 1.29. The molecule has 0 radical (unpaired) electrons. The number of nitrogens with zero attached hydrogens (tertiary/aromatic N) is 1. The van der Waals surface area contributed by atoms with E-state index in [2.05, 4.69) is 4.90 Å². The Morgan fingerprint density at radius 2 is 2.06 bits per heavy atom. The van der Waals surface area contributed by atoms with E-state index >= 15 is 0 Å². The molecule has 0 aromatic rings. The fourth-order valence-corrected chi connectivity index (χ4v) is 4.60. The van der Waals surface area contributed by atoms with Crippen LogP contribution in [0.1, 0.15) is 38.5 Å². The Labute approximate surface area is 101 Å². The molecule has 3 heterocycles. The Bertz CT molecular complexity index is 364. The summed E-state index contributed by atoms with van der Waals surface area (Å²) in [6.45, 7) is 2.26. The van der Waals surface area contributed by atoms with E-state index in [1.165, 1.54) is 12.8 Å². The lowest BCUT2D eigenvalue weighted by Gasteiger charge is -2.49. The summed E-state index contributed by atoms with van der Waals surface area (Å²) in [4.78, 5) is 14.2. The van der Waals surface area contributed by atoms with Crippen LogP contribution in [0.3, 0.4) is 0 Å². The molecule has 1 aliphatic carbocycles. The van der Waals surface area contributed by atoms with E-state index in [9.17, 15) is 4.79 Å². The number of piperidine rings is 1. The van der Waals surface area contributed by atoms with Gasteiger partial charge in [0.05, 0.1) is 18.8 Å². The minimum Gasteiger partial charge on any atom is -0.347 e. The molecule has 0 unspecified atom stereocenters. The van der Waals surface area contributed by atoms with Crippen molar-refractivity contribution in [1.82, 2.24) is 4.90 Å². The van der Waals surface area contributed by atoms with Crippen LogP contribution < -0.4 is 0 Å². The van der Waals surface area contributed by atoms with Gasteiger partial charge in [-0.3, -0.25) is 4.79 Å². The van der Waals surface area contributed by atoms with E-state index in [1.807, 2.05) is 0 Å². The summed E-state index contributed by atoms with van der Waals surface area (Å²) in [5.74, 6) is 0.562. The number of rotatable bonds is 0. The minimum absolute atomic E-state index is 0.0830. The summed E-state index contributed by atoms with van der Waals surface area (Å²) < 4.78 is 11.7. The van der Waals surface area contributed by atoms with E-state index in [0.717, 1.165) is 32.2 Å². The molecular weight excluding hydrogens is 218 g/mol. The first-order valence-corrected chi connectivity index (χ1v) is 6.83. The molecule has 4 nitrogen and oxygen atoms in total. The molecular formula is C13H19NO3. The van der Waals surface area contributed by atoms with Crippen molar-refractivity contribution in [2.24, 2.45) is 5.92 Å². The van der Waals surface area contributed by atoms with E-state index in [1.54, 1.807) is 0 Å². The van der Waals surface area contributed by atoms with Crippen molar-refractivity contribution < 1.29 is 14.3 Å². The van der Waals surface area contributed by atoms with Gasteiger partial charge in [0.2, 0.25) is 5.91 Å². The second-order valence-electron chi connectivity index (χ2n) is 5.98. The Morgan fingerprint density at radius 1 is 1.24 bits per heavy atom. The molecule has 2 atom stereocenters. The first-order chi connectivity index (χ1) is 8.24. The first-order valence-electron chi connectivity index (χ1n) is 6.83. The van der Waals surface area contributed by atoms with E-state index in [0.29, 0.717) is 25.0 Å². The van der Waals surface area contributed by atoms with Gasteiger partial charge in [-0.2, -0.15) is 0 Å². The SMILES string of the molecule is O=C1C[C@@H]2CCC[C@]23CC2(CCN13)OCCO2. The van der Waals surface area contributed by atoms with Gasteiger partial charge in [0.1, 0.15) is 0 Å². The minimum atomic E-state index is -0.357. The van der Waals surface area contributed by atoms with Crippen LogP contribution in [-0.4, -0.2) is 41.9 Å². The molecule has 4 aliphatic rings. The molecule has 0 N–H and O–H groups in total. The largest absolute Gasteiger partial charge is 0.347 e. The Hall–Kier alpha value is -0.610. The van der Waals surface area contributed by atoms with Crippen LogP contribution in [0, 0.1) is 5.92 Å². The van der Waals surface area contributed by atoms with Crippen LogP contribution in [0.25, 0.3) is 0 Å². The molecule has 17 heavy (non-hydrogen) atoms. The quantitative estimate of drug-likeness (QED) is 0.637. The maximum absolute atomic E-state index is 12.1. The average molecular weight is 237 g/mol. The van der Waals surface area contributed by atoms with Gasteiger partial charge >= 0.3 is 0 Å². The maximum Gasteiger partial charge on any atom is 0.223 e. The van der Waals surface area contributed by atoms with Crippen LogP contribution in [0.5, 0.6) is 0 Å². The zero-order valence-corrected chi connectivity index (χ0v) is 10.1. The molecule has 2 spiro atoms. The van der Waals surface area contributed by atoms with Gasteiger partial charge in [-0.25, -0.2) is 0 Å². The van der Waals surface area contributed by atoms with Gasteiger partial charge in [0, 0.05) is 25.8 Å². The predicted molar refractivity (Wildman–Crippen MR) is 60.3 cm³/mol. The molecule has 0 aromatic heterocycles. The molecule has 1 saturated carbocycles. The smallest absolute Gasteiger partial charge is 0.223 e. The fraction of sp³-hybridized carbons (Fsp3) is 0.923. The third-order valence-electron chi connectivity index (χ3n) is 5.29. The number of hydrogen-bond acceptors (Lipinski definition) is 3. The average Bonchev–Trinajstić information content (AvgIpc) is 2.94. The molecule has 4 heteroatoms. The number of carbonyl (C=O) groups excluding carboxylic acids is 1. The molecule has 94 valence electrons. The summed E-state index contributed by atoms with van der Waals surface area (Å²) >= 11 is 0. The van der Waals surface area contributed by atoms with E-state index in [4.69, 9.17) is 9.47 Å². The highest BCUT2D eigenvalue weighted by molar-refractivity contribution is 5.80. The number of carbonyl (C=O) groups is 1. The van der Waals surface area contributed by atoms with Crippen molar-refractivity contribution in [2.75, 3.05) is 19.8 Å². The summed E-state index contributed by atoms with van der Waals surface area (Å²) in [6, 6.07) is 0. The van der Waals surface area contributed by atoms with Crippen LogP contribution in [0.2, 0.25) is 0 Å². The van der Waals surface area contributed by atoms with Gasteiger partial charge < -0.3 is 14.4 Å². The van der Waals surface area contributed by atoms with Gasteiger partial charge in [-0.15, -0.1) is 0 Å². The molecule has 1 amide bonds. The molecule has 4 fully saturated rings. The van der Waals surface area contributed by atoms with Gasteiger partial charge in [-0.05, 0) is 18.8 Å². The molecule has 3 saturated heterocycles. The molecule has 0 aromatic carbocycles. The first kappa shape index (κ1) is 10.3. The Balaban J connectivity index is 1.70. The highest BCUT2D eigenvalue weighted by Gasteiger charge is 2.61. The number of amides is 1. The van der Waals surface area contributed by atoms with Crippen LogP contribution in [-0.2, 0) is 14.3 Å².